The maximum Gasteiger partial charge on any atom is 3.00 e. The summed E-state index contributed by atoms with van der Waals surface area (Å²) in [5.41, 5.74) is 12.0. The number of rotatable bonds is 2. The molecular formula is C39H39Zr. The zero-order valence-corrected chi connectivity index (χ0v) is 27.3. The van der Waals surface area contributed by atoms with Crippen molar-refractivity contribution in [2.45, 2.75) is 72.6 Å². The number of fused-ring (bicyclic) bond motifs is 4. The van der Waals surface area contributed by atoms with E-state index in [1.165, 1.54) is 102 Å². The van der Waals surface area contributed by atoms with E-state index >= 15 is 0 Å². The van der Waals surface area contributed by atoms with Gasteiger partial charge in [0.2, 0.25) is 0 Å². The molecule has 8 rings (SSSR count). The molecule has 0 spiro atoms. The third-order valence-corrected chi connectivity index (χ3v) is 9.37. The zero-order valence-electron chi connectivity index (χ0n) is 24.9. The summed E-state index contributed by atoms with van der Waals surface area (Å²) in [4.78, 5) is 0. The molecule has 0 heterocycles. The normalized spacial score (nSPS) is 14.0. The Kier molecular flexibility index (Phi) is 6.78. The van der Waals surface area contributed by atoms with Crippen molar-refractivity contribution >= 4 is 43.1 Å². The number of hydrogen-bond acceptors (Lipinski definition) is 0. The van der Waals surface area contributed by atoms with E-state index in [0.717, 1.165) is 0 Å². The molecule has 40 heavy (non-hydrogen) atoms. The molecule has 0 fully saturated rings. The van der Waals surface area contributed by atoms with Gasteiger partial charge in [-0.05, 0) is 47.6 Å². The van der Waals surface area contributed by atoms with Gasteiger partial charge in [0.05, 0.1) is 0 Å². The molecule has 6 aromatic carbocycles. The predicted molar refractivity (Wildman–Crippen MR) is 171 cm³/mol. The Hall–Kier alpha value is -2.50. The fraction of sp³-hybridized carbons (Fsp3) is 0.308. The SMILES string of the molecule is Cc1cc2c3cccc4c3c(cc2[c-]1C(C)(C)[c-]1c(C)cc2c3cccc5c3c(cc21)CC5)CC4.[CH2-]C(C)C.[Zr+3]. The van der Waals surface area contributed by atoms with Crippen LogP contribution in [0.2, 0.25) is 0 Å². The number of aryl methyl sites for hydroxylation is 6. The average Bonchev–Trinajstić information content (AvgIpc) is 3.64. The Morgan fingerprint density at radius 2 is 1.00 bits per heavy atom. The molecular weight excluding hydrogens is 560 g/mol. The van der Waals surface area contributed by atoms with Crippen LogP contribution in [-0.2, 0) is 57.3 Å². The van der Waals surface area contributed by atoms with E-state index in [2.05, 4.69) is 109 Å². The smallest absolute Gasteiger partial charge is 0.341 e. The molecule has 0 saturated heterocycles. The first-order chi connectivity index (χ1) is 18.7. The van der Waals surface area contributed by atoms with Gasteiger partial charge in [-0.3, -0.25) is 0 Å². The van der Waals surface area contributed by atoms with Crippen molar-refractivity contribution in [3.63, 3.8) is 0 Å². The van der Waals surface area contributed by atoms with E-state index < -0.39 is 0 Å². The second-order valence-electron chi connectivity index (χ2n) is 13.1. The first-order valence-corrected chi connectivity index (χ1v) is 14.8. The van der Waals surface area contributed by atoms with Crippen LogP contribution in [0.3, 0.4) is 0 Å². The predicted octanol–water partition coefficient (Wildman–Crippen LogP) is 10.4. The molecule has 0 bridgehead atoms. The van der Waals surface area contributed by atoms with Crippen molar-refractivity contribution in [2.75, 3.05) is 0 Å². The van der Waals surface area contributed by atoms with Crippen LogP contribution < -0.4 is 0 Å². The monoisotopic (exact) mass is 597 g/mol. The van der Waals surface area contributed by atoms with Crippen LogP contribution in [0.25, 0.3) is 43.1 Å². The van der Waals surface area contributed by atoms with Crippen LogP contribution in [-0.4, -0.2) is 0 Å². The minimum atomic E-state index is -0.0785. The molecule has 0 saturated carbocycles. The molecule has 0 atom stereocenters. The molecule has 0 aromatic heterocycles. The standard InChI is InChI=1S/C35H30.C4H9.Zr/c1-19-15-27-25-9-5-7-21-11-13-23(31(21)25)17-29(27)33(19)35(3,4)34-20(2)16-28-26-10-6-8-22-12-14-24(32(22)26)18-30(28)34;1-4(2)3;/h5-10,15-18H,11-14H2,1-4H3;4H,1H2,2-3H3;/q-2;-1;+3. The Morgan fingerprint density at radius 1 is 0.625 bits per heavy atom. The Labute approximate surface area is 258 Å². The molecule has 1 heteroatoms. The van der Waals surface area contributed by atoms with Crippen molar-refractivity contribution in [1.82, 2.24) is 0 Å². The first-order valence-electron chi connectivity index (χ1n) is 14.8. The summed E-state index contributed by atoms with van der Waals surface area (Å²) in [5, 5.41) is 11.8. The van der Waals surface area contributed by atoms with Crippen molar-refractivity contribution in [3.05, 3.63) is 112 Å². The Bertz CT molecular complexity index is 1790. The maximum absolute atomic E-state index is 3.64. The van der Waals surface area contributed by atoms with Gasteiger partial charge in [0.25, 0.3) is 0 Å². The Balaban J connectivity index is 0.000000545. The van der Waals surface area contributed by atoms with Gasteiger partial charge < -0.3 is 6.92 Å². The van der Waals surface area contributed by atoms with Crippen LogP contribution in [0.15, 0.2) is 60.7 Å². The van der Waals surface area contributed by atoms with E-state index in [4.69, 9.17) is 0 Å². The van der Waals surface area contributed by atoms with Gasteiger partial charge in [0.15, 0.2) is 0 Å². The van der Waals surface area contributed by atoms with Crippen LogP contribution in [0.1, 0.15) is 72.2 Å². The molecule has 2 aliphatic rings. The third-order valence-electron chi connectivity index (χ3n) is 9.37. The summed E-state index contributed by atoms with van der Waals surface area (Å²) < 4.78 is 0. The van der Waals surface area contributed by atoms with Crippen LogP contribution in [0, 0.1) is 26.7 Å². The van der Waals surface area contributed by atoms with Crippen molar-refractivity contribution in [3.8, 4) is 0 Å². The van der Waals surface area contributed by atoms with Gasteiger partial charge in [-0.2, -0.15) is 18.1 Å². The third kappa shape index (κ3) is 3.95. The summed E-state index contributed by atoms with van der Waals surface area (Å²) in [6.07, 6.45) is 4.71. The molecule has 0 unspecified atom stereocenters. The van der Waals surface area contributed by atoms with Crippen LogP contribution in [0.4, 0.5) is 0 Å². The van der Waals surface area contributed by atoms with Gasteiger partial charge in [-0.1, -0.05) is 105 Å². The van der Waals surface area contributed by atoms with E-state index in [-0.39, 0.29) is 31.6 Å². The molecule has 6 aromatic rings. The second kappa shape index (κ2) is 9.80. The van der Waals surface area contributed by atoms with E-state index in [0.29, 0.717) is 5.92 Å². The zero-order chi connectivity index (χ0) is 27.2. The molecule has 199 valence electrons. The topological polar surface area (TPSA) is 0 Å². The summed E-state index contributed by atoms with van der Waals surface area (Å²) in [7, 11) is 0. The fourth-order valence-electron chi connectivity index (χ4n) is 8.21. The Morgan fingerprint density at radius 3 is 1.40 bits per heavy atom. The minimum Gasteiger partial charge on any atom is -0.341 e. The van der Waals surface area contributed by atoms with Gasteiger partial charge >= 0.3 is 26.2 Å². The van der Waals surface area contributed by atoms with Crippen LogP contribution >= 0.6 is 0 Å². The molecule has 0 N–H and O–H groups in total. The first kappa shape index (κ1) is 27.7. The van der Waals surface area contributed by atoms with Crippen molar-refractivity contribution < 1.29 is 26.2 Å². The summed E-state index contributed by atoms with van der Waals surface area (Å²) >= 11 is 0. The molecule has 0 nitrogen and oxygen atoms in total. The van der Waals surface area contributed by atoms with Gasteiger partial charge in [0.1, 0.15) is 0 Å². The summed E-state index contributed by atoms with van der Waals surface area (Å²) in [5.74, 6) is 0.583. The molecule has 0 aliphatic heterocycles. The molecule has 2 aliphatic carbocycles. The largest absolute Gasteiger partial charge is 3.00 e. The fourth-order valence-corrected chi connectivity index (χ4v) is 8.21. The van der Waals surface area contributed by atoms with Crippen molar-refractivity contribution in [2.24, 2.45) is 5.92 Å². The maximum atomic E-state index is 3.64. The van der Waals surface area contributed by atoms with Gasteiger partial charge in [0, 0.05) is 0 Å². The summed E-state index contributed by atoms with van der Waals surface area (Å²) in [6.45, 7) is 17.4. The van der Waals surface area contributed by atoms with Gasteiger partial charge in [-0.25, -0.2) is 0 Å². The minimum absolute atomic E-state index is 0. The number of benzene rings is 4. The quantitative estimate of drug-likeness (QED) is 0.174. The average molecular weight is 599 g/mol. The van der Waals surface area contributed by atoms with E-state index in [1.807, 2.05) is 0 Å². The van der Waals surface area contributed by atoms with E-state index in [9.17, 15) is 0 Å². The summed E-state index contributed by atoms with van der Waals surface area (Å²) in [6, 6.07) is 23.9. The van der Waals surface area contributed by atoms with E-state index in [1.54, 1.807) is 11.1 Å². The van der Waals surface area contributed by atoms with Gasteiger partial charge in [-0.15, -0.1) is 55.9 Å². The number of hydrogen-bond donors (Lipinski definition) is 0. The van der Waals surface area contributed by atoms with Crippen LogP contribution in [0.5, 0.6) is 0 Å². The molecule has 0 amide bonds. The second-order valence-corrected chi connectivity index (χ2v) is 13.1. The molecule has 1 radical (unpaired) electrons. The van der Waals surface area contributed by atoms with Crippen molar-refractivity contribution in [1.29, 1.82) is 0 Å².